The van der Waals surface area contributed by atoms with Gasteiger partial charge in [0.25, 0.3) is 0 Å². The Kier molecular flexibility index (Phi) is 15.2. The molecule has 9 rings (SSSR count). The average molecular weight is 897 g/mol. The van der Waals surface area contributed by atoms with Crippen molar-refractivity contribution in [3.05, 3.63) is 158 Å². The van der Waals surface area contributed by atoms with Crippen molar-refractivity contribution in [2.24, 2.45) is 11.8 Å². The lowest BCUT2D eigenvalue weighted by Crippen LogP contribution is -2.58. The highest BCUT2D eigenvalue weighted by Gasteiger charge is 2.56. The Morgan fingerprint density at radius 1 is 0.803 bits per heavy atom. The fourth-order valence-electron chi connectivity index (χ4n) is 10.6. The fourth-order valence-corrected chi connectivity index (χ4v) is 10.6. The molecular formula is C56H64O10. The first-order valence-corrected chi connectivity index (χ1v) is 23.9. The van der Waals surface area contributed by atoms with Gasteiger partial charge in [0.1, 0.15) is 23.7 Å². The van der Waals surface area contributed by atoms with Gasteiger partial charge in [0.05, 0.1) is 12.2 Å². The number of aryl methyl sites for hydroxylation is 2. The van der Waals surface area contributed by atoms with Gasteiger partial charge in [0, 0.05) is 41.4 Å². The van der Waals surface area contributed by atoms with Crippen molar-refractivity contribution < 1.29 is 43.2 Å². The predicted molar refractivity (Wildman–Crippen MR) is 253 cm³/mol. The molecule has 0 amide bonds. The van der Waals surface area contributed by atoms with Crippen LogP contribution in [0.5, 0.6) is 5.75 Å². The molecule has 348 valence electrons. The summed E-state index contributed by atoms with van der Waals surface area (Å²) in [5, 5.41) is 19.8. The zero-order valence-corrected chi connectivity index (χ0v) is 38.6. The monoisotopic (exact) mass is 896 g/mol. The number of carbonyl (C=O) groups excluding carboxylic acids is 2. The SMILES string of the molecule is CC(C)=C1CCc2ccc(cc2)CC(CCc2cccc(Cc3ccccc3)c2)CC(=O)OC2c3c(ccc4cc(C(CCO)COCO)c(=O)oc34)OC(C)(C3CCCCC3)C2OC1=O. The van der Waals surface area contributed by atoms with Crippen LogP contribution >= 0.6 is 0 Å². The van der Waals surface area contributed by atoms with Gasteiger partial charge in [-0.3, -0.25) is 4.79 Å². The number of rotatable bonds is 12. The van der Waals surface area contributed by atoms with Gasteiger partial charge in [-0.2, -0.15) is 0 Å². The topological polar surface area (TPSA) is 142 Å². The van der Waals surface area contributed by atoms with E-state index >= 15 is 0 Å². The van der Waals surface area contributed by atoms with Crippen LogP contribution < -0.4 is 10.4 Å². The van der Waals surface area contributed by atoms with E-state index < -0.39 is 48.1 Å². The number of aliphatic hydroxyl groups is 2. The third-order valence-electron chi connectivity index (χ3n) is 14.2. The summed E-state index contributed by atoms with van der Waals surface area (Å²) in [6.45, 7) is 5.05. The van der Waals surface area contributed by atoms with E-state index in [1.165, 1.54) is 16.7 Å². The standard InChI is InChI=1S/C56H64O10/c1-36(2)46-25-23-37-17-19-40(20-18-37)31-42(22-21-39-13-10-14-41(30-39)29-38-11-6-4-7-12-38)32-49(59)63-52-50-48(66-56(3,53(52)65-54(46)60)45-15-8-5-9-16-45)26-24-43-33-47(55(61)64-51(43)50)44(27-28-57)34-62-35-58/h4,6-7,10-14,17-20,24,26,30,33,42,44-45,52-53,57-58H,5,8-9,15-16,21-23,25,27-29,31-32,34-35H2,1-3H3. The number of carbonyl (C=O) groups is 2. The molecule has 0 radical (unpaired) electrons. The van der Waals surface area contributed by atoms with E-state index in [0.29, 0.717) is 41.5 Å². The predicted octanol–water partition coefficient (Wildman–Crippen LogP) is 10.2. The Morgan fingerprint density at radius 3 is 2.29 bits per heavy atom. The molecule has 0 saturated heterocycles. The summed E-state index contributed by atoms with van der Waals surface area (Å²) in [4.78, 5) is 43.6. The van der Waals surface area contributed by atoms with Crippen LogP contribution in [0.3, 0.4) is 0 Å². The van der Waals surface area contributed by atoms with Crippen LogP contribution in [0.4, 0.5) is 0 Å². The number of benzene rings is 4. The highest BCUT2D eigenvalue weighted by atomic mass is 16.6. The molecular weight excluding hydrogens is 833 g/mol. The van der Waals surface area contributed by atoms with Crippen LogP contribution in [0.2, 0.25) is 0 Å². The van der Waals surface area contributed by atoms with E-state index in [0.717, 1.165) is 68.1 Å². The van der Waals surface area contributed by atoms with Crippen LogP contribution in [-0.2, 0) is 49.5 Å². The van der Waals surface area contributed by atoms with E-state index in [2.05, 4.69) is 72.8 Å². The Bertz CT molecular complexity index is 2550. The summed E-state index contributed by atoms with van der Waals surface area (Å²) in [5.74, 6) is -1.22. The number of ether oxygens (including phenoxy) is 4. The van der Waals surface area contributed by atoms with Crippen LogP contribution in [0, 0.1) is 11.8 Å². The molecule has 3 aliphatic heterocycles. The highest BCUT2D eigenvalue weighted by molar-refractivity contribution is 5.90. The van der Waals surface area contributed by atoms with Gasteiger partial charge >= 0.3 is 17.6 Å². The zero-order chi connectivity index (χ0) is 46.2. The molecule has 10 heteroatoms. The number of aliphatic hydroxyl groups excluding tert-OH is 2. The van der Waals surface area contributed by atoms with Crippen molar-refractivity contribution >= 4 is 22.9 Å². The van der Waals surface area contributed by atoms with Gasteiger partial charge < -0.3 is 33.6 Å². The third-order valence-corrected chi connectivity index (χ3v) is 14.2. The summed E-state index contributed by atoms with van der Waals surface area (Å²) < 4.78 is 32.1. The van der Waals surface area contributed by atoms with Gasteiger partial charge in [-0.05, 0) is 130 Å². The lowest BCUT2D eigenvalue weighted by atomic mass is 9.71. The van der Waals surface area contributed by atoms with Gasteiger partial charge in [0.15, 0.2) is 12.2 Å². The molecule has 10 nitrogen and oxygen atoms in total. The van der Waals surface area contributed by atoms with E-state index in [9.17, 15) is 24.6 Å². The van der Waals surface area contributed by atoms with Gasteiger partial charge in [-0.15, -0.1) is 0 Å². The summed E-state index contributed by atoms with van der Waals surface area (Å²) in [6.07, 6.45) is 6.87. The number of allylic oxidation sites excluding steroid dienone is 1. The summed E-state index contributed by atoms with van der Waals surface area (Å²) >= 11 is 0. The molecule has 2 N–H and O–H groups in total. The highest BCUT2D eigenvalue weighted by Crippen LogP contribution is 2.52. The largest absolute Gasteiger partial charge is 0.483 e. The van der Waals surface area contributed by atoms with Crippen LogP contribution in [-0.4, -0.2) is 53.9 Å². The number of hydrogen-bond acceptors (Lipinski definition) is 10. The second-order valence-electron chi connectivity index (χ2n) is 19.0. The first kappa shape index (κ1) is 47.0. The van der Waals surface area contributed by atoms with Crippen molar-refractivity contribution in [1.82, 2.24) is 0 Å². The maximum Gasteiger partial charge on any atom is 0.339 e. The molecule has 0 spiro atoms. The third kappa shape index (κ3) is 10.8. The number of hydrogen-bond donors (Lipinski definition) is 2. The number of esters is 2. The molecule has 5 aromatic rings. The van der Waals surface area contributed by atoms with E-state index in [1.807, 2.05) is 39.0 Å². The average Bonchev–Trinajstić information content (AvgIpc) is 3.31. The second-order valence-corrected chi connectivity index (χ2v) is 19.0. The van der Waals surface area contributed by atoms with Crippen molar-refractivity contribution in [3.8, 4) is 5.75 Å². The van der Waals surface area contributed by atoms with Gasteiger partial charge in [-0.25, -0.2) is 9.59 Å². The van der Waals surface area contributed by atoms with E-state index in [1.54, 1.807) is 6.07 Å². The maximum atomic E-state index is 14.9. The smallest absolute Gasteiger partial charge is 0.339 e. The minimum Gasteiger partial charge on any atom is -0.483 e. The molecule has 1 aromatic heterocycles. The van der Waals surface area contributed by atoms with E-state index in [4.69, 9.17) is 23.4 Å². The van der Waals surface area contributed by atoms with Gasteiger partial charge in [-0.1, -0.05) is 104 Å². The van der Waals surface area contributed by atoms with Crippen LogP contribution in [0.1, 0.15) is 130 Å². The maximum absolute atomic E-state index is 14.9. The fraction of sp³-hybridized carbons (Fsp3) is 0.446. The van der Waals surface area contributed by atoms with Crippen molar-refractivity contribution in [2.75, 3.05) is 20.0 Å². The molecule has 5 unspecified atom stereocenters. The summed E-state index contributed by atoms with van der Waals surface area (Å²) in [7, 11) is 0. The van der Waals surface area contributed by atoms with Crippen molar-refractivity contribution in [1.29, 1.82) is 0 Å². The molecule has 4 aromatic carbocycles. The molecule has 1 saturated carbocycles. The Labute approximate surface area is 387 Å². The zero-order valence-electron chi connectivity index (χ0n) is 38.6. The minimum absolute atomic E-state index is 0.00362. The summed E-state index contributed by atoms with van der Waals surface area (Å²) in [6, 6.07) is 32.9. The molecule has 1 aliphatic carbocycles. The summed E-state index contributed by atoms with van der Waals surface area (Å²) in [5.41, 5.74) is 6.32. The Morgan fingerprint density at radius 2 is 1.55 bits per heavy atom. The Balaban J connectivity index is 1.21. The number of fused-ring (bicyclic) bond motifs is 13. The lowest BCUT2D eigenvalue weighted by molar-refractivity contribution is -0.201. The van der Waals surface area contributed by atoms with Crippen LogP contribution in [0.25, 0.3) is 11.0 Å². The van der Waals surface area contributed by atoms with E-state index in [-0.39, 0.29) is 49.0 Å². The second kappa shape index (κ2) is 21.4. The first-order chi connectivity index (χ1) is 32.0. The first-order valence-electron chi connectivity index (χ1n) is 23.9. The molecule has 4 aliphatic rings. The van der Waals surface area contributed by atoms with Crippen LogP contribution in [0.15, 0.2) is 117 Å². The van der Waals surface area contributed by atoms with Crippen molar-refractivity contribution in [3.63, 3.8) is 0 Å². The minimum atomic E-state index is -1.18. The molecule has 2 bridgehead atoms. The molecule has 4 heterocycles. The van der Waals surface area contributed by atoms with Gasteiger partial charge in [0.2, 0.25) is 0 Å². The Hall–Kier alpha value is -5.55. The molecule has 1 fully saturated rings. The lowest BCUT2D eigenvalue weighted by Gasteiger charge is -2.49. The molecule has 5 atom stereocenters. The normalized spacial score (nSPS) is 22.2. The molecule has 66 heavy (non-hydrogen) atoms. The quantitative estimate of drug-likeness (QED) is 0.0538. The van der Waals surface area contributed by atoms with Crippen molar-refractivity contribution in [2.45, 2.75) is 128 Å².